The van der Waals surface area contributed by atoms with Crippen LogP contribution in [0, 0.1) is 5.82 Å². The van der Waals surface area contributed by atoms with E-state index in [-0.39, 0.29) is 23.4 Å². The molecule has 0 bridgehead atoms. The van der Waals surface area contributed by atoms with E-state index in [4.69, 9.17) is 0 Å². The Morgan fingerprint density at radius 1 is 1.29 bits per heavy atom. The van der Waals surface area contributed by atoms with Crippen LogP contribution in [0.15, 0.2) is 24.3 Å². The standard InChI is InChI=1S/C9H8FNO2S/c10-7-1-3-8(4-2-7)11-6-14(13)5-9(11)12/h1-4H,5-6H2. The molecule has 5 heteroatoms. The van der Waals surface area contributed by atoms with Gasteiger partial charge in [-0.25, -0.2) is 4.39 Å². The van der Waals surface area contributed by atoms with Crippen molar-refractivity contribution in [2.24, 2.45) is 0 Å². The highest BCUT2D eigenvalue weighted by Gasteiger charge is 2.27. The summed E-state index contributed by atoms with van der Waals surface area (Å²) in [6.07, 6.45) is 0. The number of hydrogen-bond acceptors (Lipinski definition) is 2. The van der Waals surface area contributed by atoms with Gasteiger partial charge >= 0.3 is 0 Å². The maximum absolute atomic E-state index is 12.6. The first-order valence-electron chi connectivity index (χ1n) is 4.08. The van der Waals surface area contributed by atoms with E-state index in [1.807, 2.05) is 0 Å². The highest BCUT2D eigenvalue weighted by Crippen LogP contribution is 2.19. The molecule has 0 aliphatic carbocycles. The zero-order chi connectivity index (χ0) is 10.1. The molecule has 1 aliphatic heterocycles. The second-order valence-corrected chi connectivity index (χ2v) is 4.44. The van der Waals surface area contributed by atoms with Crippen LogP contribution in [0.4, 0.5) is 10.1 Å². The lowest BCUT2D eigenvalue weighted by molar-refractivity contribution is -0.115. The maximum atomic E-state index is 12.6. The summed E-state index contributed by atoms with van der Waals surface area (Å²) in [5.41, 5.74) is 0.599. The third-order valence-corrected chi connectivity index (χ3v) is 3.11. The summed E-state index contributed by atoms with van der Waals surface area (Å²) < 4.78 is 23.7. The summed E-state index contributed by atoms with van der Waals surface area (Å²) in [5, 5.41) is 0. The minimum absolute atomic E-state index is 0.0668. The lowest BCUT2D eigenvalue weighted by Crippen LogP contribution is -2.24. The fourth-order valence-corrected chi connectivity index (χ4v) is 2.42. The third-order valence-electron chi connectivity index (χ3n) is 2.00. The monoisotopic (exact) mass is 213 g/mol. The fourth-order valence-electron chi connectivity index (χ4n) is 1.32. The van der Waals surface area contributed by atoms with E-state index >= 15 is 0 Å². The minimum atomic E-state index is -1.11. The highest BCUT2D eigenvalue weighted by atomic mass is 32.2. The molecule has 0 aromatic heterocycles. The number of rotatable bonds is 1. The Balaban J connectivity index is 2.27. The van der Waals surface area contributed by atoms with Crippen LogP contribution >= 0.6 is 0 Å². The zero-order valence-electron chi connectivity index (χ0n) is 7.27. The zero-order valence-corrected chi connectivity index (χ0v) is 8.09. The first kappa shape index (κ1) is 9.33. The Bertz CT molecular complexity index is 390. The van der Waals surface area contributed by atoms with E-state index in [1.165, 1.54) is 29.2 Å². The second-order valence-electron chi connectivity index (χ2n) is 3.01. The van der Waals surface area contributed by atoms with E-state index < -0.39 is 10.8 Å². The van der Waals surface area contributed by atoms with Gasteiger partial charge in [0.05, 0.1) is 10.8 Å². The molecule has 1 fully saturated rings. The normalized spacial score (nSPS) is 21.6. The van der Waals surface area contributed by atoms with Crippen molar-refractivity contribution in [1.29, 1.82) is 0 Å². The molecule has 1 saturated heterocycles. The van der Waals surface area contributed by atoms with Gasteiger partial charge in [0.2, 0.25) is 5.91 Å². The van der Waals surface area contributed by atoms with Crippen LogP contribution in [0.2, 0.25) is 0 Å². The summed E-state index contributed by atoms with van der Waals surface area (Å²) in [4.78, 5) is 12.7. The quantitative estimate of drug-likeness (QED) is 0.694. The SMILES string of the molecule is O=C1CS(=O)CN1c1ccc(F)cc1. The van der Waals surface area contributed by atoms with Gasteiger partial charge in [-0.2, -0.15) is 0 Å². The van der Waals surface area contributed by atoms with Crippen molar-refractivity contribution in [3.05, 3.63) is 30.1 Å². The van der Waals surface area contributed by atoms with E-state index in [0.717, 1.165) is 0 Å². The van der Waals surface area contributed by atoms with Crippen molar-refractivity contribution in [2.75, 3.05) is 16.5 Å². The third kappa shape index (κ3) is 1.68. The van der Waals surface area contributed by atoms with Gasteiger partial charge in [0, 0.05) is 5.69 Å². The number of hydrogen-bond donors (Lipinski definition) is 0. The molecule has 0 N–H and O–H groups in total. The molecular formula is C9H8FNO2S. The summed E-state index contributed by atoms with van der Waals surface area (Å²) in [7, 11) is -1.11. The van der Waals surface area contributed by atoms with Crippen LogP contribution in [0.25, 0.3) is 0 Å². The van der Waals surface area contributed by atoms with Crippen LogP contribution in [0.3, 0.4) is 0 Å². The van der Waals surface area contributed by atoms with Gasteiger partial charge < -0.3 is 0 Å². The Labute approximate surface area is 83.0 Å². The number of nitrogens with zero attached hydrogens (tertiary/aromatic N) is 1. The molecule has 0 spiro atoms. The molecule has 74 valence electrons. The average molecular weight is 213 g/mol. The molecule has 0 saturated carbocycles. The summed E-state index contributed by atoms with van der Waals surface area (Å²) in [6.45, 7) is 0. The lowest BCUT2D eigenvalue weighted by Gasteiger charge is -2.13. The molecule has 1 atom stereocenters. The largest absolute Gasteiger partial charge is 0.299 e. The average Bonchev–Trinajstić information content (AvgIpc) is 2.47. The molecule has 1 unspecified atom stereocenters. The maximum Gasteiger partial charge on any atom is 0.240 e. The number of halogens is 1. The van der Waals surface area contributed by atoms with Crippen molar-refractivity contribution >= 4 is 22.4 Å². The van der Waals surface area contributed by atoms with Crippen LogP contribution in [0.1, 0.15) is 0 Å². The number of benzene rings is 1. The first-order chi connectivity index (χ1) is 6.66. The molecule has 1 heterocycles. The van der Waals surface area contributed by atoms with Crippen molar-refractivity contribution in [3.63, 3.8) is 0 Å². The van der Waals surface area contributed by atoms with E-state index in [2.05, 4.69) is 0 Å². The van der Waals surface area contributed by atoms with Crippen LogP contribution < -0.4 is 4.90 Å². The predicted octanol–water partition coefficient (Wildman–Crippen LogP) is 0.879. The molecule has 0 radical (unpaired) electrons. The summed E-state index contributed by atoms with van der Waals surface area (Å²) >= 11 is 0. The Kier molecular flexibility index (Phi) is 2.33. The number of carbonyl (C=O) groups is 1. The van der Waals surface area contributed by atoms with E-state index in [0.29, 0.717) is 5.69 Å². The molecule has 1 amide bonds. The van der Waals surface area contributed by atoms with Gasteiger partial charge in [0.1, 0.15) is 17.4 Å². The molecular weight excluding hydrogens is 205 g/mol. The Morgan fingerprint density at radius 3 is 2.43 bits per heavy atom. The highest BCUT2D eigenvalue weighted by molar-refractivity contribution is 7.86. The smallest absolute Gasteiger partial charge is 0.240 e. The molecule has 1 aromatic carbocycles. The number of carbonyl (C=O) groups excluding carboxylic acids is 1. The van der Waals surface area contributed by atoms with Gasteiger partial charge in [-0.15, -0.1) is 0 Å². The first-order valence-corrected chi connectivity index (χ1v) is 5.56. The number of amides is 1. The van der Waals surface area contributed by atoms with Crippen molar-refractivity contribution in [2.45, 2.75) is 0 Å². The van der Waals surface area contributed by atoms with Crippen LogP contribution in [-0.4, -0.2) is 21.7 Å². The minimum Gasteiger partial charge on any atom is -0.299 e. The molecule has 1 aromatic rings. The Hall–Kier alpha value is -1.23. The van der Waals surface area contributed by atoms with Crippen molar-refractivity contribution in [3.8, 4) is 0 Å². The molecule has 1 aliphatic rings. The molecule has 14 heavy (non-hydrogen) atoms. The van der Waals surface area contributed by atoms with Crippen LogP contribution in [-0.2, 0) is 15.6 Å². The lowest BCUT2D eigenvalue weighted by atomic mass is 10.3. The van der Waals surface area contributed by atoms with Crippen molar-refractivity contribution < 1.29 is 13.4 Å². The van der Waals surface area contributed by atoms with Gasteiger partial charge in [-0.3, -0.25) is 13.9 Å². The predicted molar refractivity (Wildman–Crippen MR) is 51.8 cm³/mol. The van der Waals surface area contributed by atoms with Crippen LogP contribution in [0.5, 0.6) is 0 Å². The number of anilines is 1. The van der Waals surface area contributed by atoms with Gasteiger partial charge in [-0.05, 0) is 24.3 Å². The van der Waals surface area contributed by atoms with Gasteiger partial charge in [-0.1, -0.05) is 0 Å². The fraction of sp³-hybridized carbons (Fsp3) is 0.222. The van der Waals surface area contributed by atoms with E-state index in [9.17, 15) is 13.4 Å². The van der Waals surface area contributed by atoms with E-state index in [1.54, 1.807) is 0 Å². The molecule has 3 nitrogen and oxygen atoms in total. The van der Waals surface area contributed by atoms with Gasteiger partial charge in [0.25, 0.3) is 0 Å². The molecule has 2 rings (SSSR count). The van der Waals surface area contributed by atoms with Crippen molar-refractivity contribution in [1.82, 2.24) is 0 Å². The summed E-state index contributed by atoms with van der Waals surface area (Å²) in [5.74, 6) is -0.238. The summed E-state index contributed by atoms with van der Waals surface area (Å²) in [6, 6.07) is 5.58. The Morgan fingerprint density at radius 2 is 1.93 bits per heavy atom. The second kappa shape index (κ2) is 3.49. The topological polar surface area (TPSA) is 37.4 Å². The van der Waals surface area contributed by atoms with Gasteiger partial charge in [0.15, 0.2) is 0 Å².